The second-order valence-corrected chi connectivity index (χ2v) is 3.47. The summed E-state index contributed by atoms with van der Waals surface area (Å²) in [7, 11) is 0. The van der Waals surface area contributed by atoms with Crippen molar-refractivity contribution in [3.8, 4) is 0 Å². The van der Waals surface area contributed by atoms with Crippen molar-refractivity contribution < 1.29 is 4.74 Å². The van der Waals surface area contributed by atoms with Gasteiger partial charge in [-0.3, -0.25) is 4.99 Å². The van der Waals surface area contributed by atoms with E-state index >= 15 is 0 Å². The van der Waals surface area contributed by atoms with E-state index in [4.69, 9.17) is 4.74 Å². The normalized spacial score (nSPS) is 13.2. The monoisotopic (exact) mass is 183 g/mol. The van der Waals surface area contributed by atoms with Gasteiger partial charge in [-0.05, 0) is 27.2 Å². The molecule has 0 aromatic rings. The first-order valence-electron chi connectivity index (χ1n) is 4.93. The van der Waals surface area contributed by atoms with E-state index in [1.54, 1.807) is 6.21 Å². The lowest BCUT2D eigenvalue weighted by Gasteiger charge is -2.08. The maximum atomic E-state index is 5.49. The summed E-state index contributed by atoms with van der Waals surface area (Å²) < 4.78 is 5.49. The average Bonchev–Trinajstić information content (AvgIpc) is 2.03. The molecule has 0 heterocycles. The average molecular weight is 183 g/mol. The van der Waals surface area contributed by atoms with Crippen LogP contribution in [0.15, 0.2) is 16.8 Å². The van der Waals surface area contributed by atoms with E-state index in [9.17, 15) is 0 Å². The highest BCUT2D eigenvalue weighted by Crippen LogP contribution is 1.99. The van der Waals surface area contributed by atoms with Crippen LogP contribution in [0.3, 0.4) is 0 Å². The molecule has 2 heteroatoms. The Morgan fingerprint density at radius 2 is 2.15 bits per heavy atom. The van der Waals surface area contributed by atoms with Gasteiger partial charge in [-0.2, -0.15) is 0 Å². The molecule has 0 aliphatic rings. The standard InChI is InChI=1S/C11H21NO/c1-5-6-11(4)13-8-7-12-9-10(2)3/h7,9,11H,5-6,8H2,1-4H3/b12-7-. The Hall–Kier alpha value is -0.630. The van der Waals surface area contributed by atoms with Crippen LogP contribution in [0.1, 0.15) is 40.5 Å². The van der Waals surface area contributed by atoms with Crippen LogP contribution in [-0.2, 0) is 4.74 Å². The van der Waals surface area contributed by atoms with E-state index in [1.807, 2.05) is 20.0 Å². The van der Waals surface area contributed by atoms with Crippen LogP contribution in [-0.4, -0.2) is 18.9 Å². The highest BCUT2D eigenvalue weighted by Gasteiger charge is 1.96. The summed E-state index contributed by atoms with van der Waals surface area (Å²) in [4.78, 5) is 4.09. The third-order valence-corrected chi connectivity index (χ3v) is 1.59. The van der Waals surface area contributed by atoms with Crippen molar-refractivity contribution in [2.45, 2.75) is 46.6 Å². The third-order valence-electron chi connectivity index (χ3n) is 1.59. The maximum absolute atomic E-state index is 5.49. The van der Waals surface area contributed by atoms with E-state index in [2.05, 4.69) is 18.8 Å². The zero-order valence-corrected chi connectivity index (χ0v) is 9.21. The van der Waals surface area contributed by atoms with Gasteiger partial charge in [0, 0.05) is 12.4 Å². The molecule has 2 nitrogen and oxygen atoms in total. The molecule has 1 unspecified atom stereocenters. The van der Waals surface area contributed by atoms with Crippen LogP contribution in [0.5, 0.6) is 0 Å². The van der Waals surface area contributed by atoms with Gasteiger partial charge in [-0.15, -0.1) is 0 Å². The van der Waals surface area contributed by atoms with Crippen LogP contribution in [0.4, 0.5) is 0 Å². The number of allylic oxidation sites excluding steroid dienone is 1. The fourth-order valence-electron chi connectivity index (χ4n) is 0.942. The molecule has 0 radical (unpaired) electrons. The first-order chi connectivity index (χ1) is 6.16. The molecule has 1 atom stereocenters. The van der Waals surface area contributed by atoms with E-state index in [1.165, 1.54) is 12.0 Å². The number of ether oxygens (including phenoxy) is 1. The van der Waals surface area contributed by atoms with Crippen LogP contribution in [0, 0.1) is 0 Å². The molecular weight excluding hydrogens is 162 g/mol. The first kappa shape index (κ1) is 12.4. The number of nitrogens with zero attached hydrogens (tertiary/aromatic N) is 1. The quantitative estimate of drug-likeness (QED) is 0.579. The van der Waals surface area contributed by atoms with E-state index < -0.39 is 0 Å². The third kappa shape index (κ3) is 9.28. The molecule has 0 fully saturated rings. The van der Waals surface area contributed by atoms with Crippen molar-refractivity contribution in [2.24, 2.45) is 4.99 Å². The van der Waals surface area contributed by atoms with Crippen molar-refractivity contribution >= 4 is 6.21 Å². The van der Waals surface area contributed by atoms with Gasteiger partial charge < -0.3 is 4.74 Å². The van der Waals surface area contributed by atoms with Crippen LogP contribution < -0.4 is 0 Å². The van der Waals surface area contributed by atoms with E-state index in [0.29, 0.717) is 12.7 Å². The predicted octanol–water partition coefficient (Wildman–Crippen LogP) is 3.19. The van der Waals surface area contributed by atoms with Gasteiger partial charge in [-0.1, -0.05) is 18.9 Å². The Morgan fingerprint density at radius 3 is 2.69 bits per heavy atom. The summed E-state index contributed by atoms with van der Waals surface area (Å²) in [5, 5.41) is 0. The molecule has 13 heavy (non-hydrogen) atoms. The number of aliphatic imine (C=N–C) groups is 1. The summed E-state index contributed by atoms with van der Waals surface area (Å²) in [6, 6.07) is 0. The van der Waals surface area contributed by atoms with Crippen LogP contribution in [0.25, 0.3) is 0 Å². The topological polar surface area (TPSA) is 21.6 Å². The molecule has 76 valence electrons. The van der Waals surface area contributed by atoms with Crippen molar-refractivity contribution in [3.05, 3.63) is 11.8 Å². The molecule has 0 aromatic heterocycles. The molecule has 0 amide bonds. The number of hydrogen-bond donors (Lipinski definition) is 0. The number of rotatable bonds is 6. The Labute approximate surface area is 81.7 Å². The van der Waals surface area contributed by atoms with E-state index in [0.717, 1.165) is 6.42 Å². The van der Waals surface area contributed by atoms with Crippen molar-refractivity contribution in [3.63, 3.8) is 0 Å². The lowest BCUT2D eigenvalue weighted by Crippen LogP contribution is -2.08. The Balaban J connectivity index is 3.44. The highest BCUT2D eigenvalue weighted by molar-refractivity contribution is 5.59. The van der Waals surface area contributed by atoms with Crippen LogP contribution in [0.2, 0.25) is 0 Å². The van der Waals surface area contributed by atoms with Gasteiger partial charge >= 0.3 is 0 Å². The number of hydrogen-bond acceptors (Lipinski definition) is 2. The summed E-state index contributed by atoms with van der Waals surface area (Å²) in [5.74, 6) is 0. The second kappa shape index (κ2) is 7.99. The summed E-state index contributed by atoms with van der Waals surface area (Å²) in [6.45, 7) is 8.93. The maximum Gasteiger partial charge on any atom is 0.0822 e. The van der Waals surface area contributed by atoms with E-state index in [-0.39, 0.29) is 0 Å². The van der Waals surface area contributed by atoms with Crippen molar-refractivity contribution in [2.75, 3.05) is 6.61 Å². The molecule has 0 bridgehead atoms. The van der Waals surface area contributed by atoms with Gasteiger partial charge in [0.15, 0.2) is 0 Å². The fourth-order valence-corrected chi connectivity index (χ4v) is 0.942. The lowest BCUT2D eigenvalue weighted by atomic mass is 10.2. The fraction of sp³-hybridized carbons (Fsp3) is 0.727. The van der Waals surface area contributed by atoms with Crippen molar-refractivity contribution in [1.82, 2.24) is 0 Å². The summed E-state index contributed by atoms with van der Waals surface area (Å²) in [5.41, 5.74) is 1.21. The minimum Gasteiger partial charge on any atom is -0.373 e. The summed E-state index contributed by atoms with van der Waals surface area (Å²) >= 11 is 0. The summed E-state index contributed by atoms with van der Waals surface area (Å²) in [6.07, 6.45) is 6.29. The van der Waals surface area contributed by atoms with Gasteiger partial charge in [0.1, 0.15) is 0 Å². The van der Waals surface area contributed by atoms with Crippen LogP contribution >= 0.6 is 0 Å². The molecule has 0 aromatic carbocycles. The lowest BCUT2D eigenvalue weighted by molar-refractivity contribution is 0.0907. The van der Waals surface area contributed by atoms with Gasteiger partial charge in [0.2, 0.25) is 0 Å². The zero-order chi connectivity index (χ0) is 10.1. The SMILES string of the molecule is CCCC(C)OC/C=N\C=C(C)C. The highest BCUT2D eigenvalue weighted by atomic mass is 16.5. The van der Waals surface area contributed by atoms with Gasteiger partial charge in [-0.25, -0.2) is 0 Å². The largest absolute Gasteiger partial charge is 0.373 e. The smallest absolute Gasteiger partial charge is 0.0822 e. The Morgan fingerprint density at radius 1 is 1.46 bits per heavy atom. The Kier molecular flexibility index (Phi) is 7.60. The second-order valence-electron chi connectivity index (χ2n) is 3.47. The minimum atomic E-state index is 0.350. The predicted molar refractivity (Wildman–Crippen MR) is 58.2 cm³/mol. The first-order valence-corrected chi connectivity index (χ1v) is 4.93. The van der Waals surface area contributed by atoms with Crippen molar-refractivity contribution in [1.29, 1.82) is 0 Å². The van der Waals surface area contributed by atoms with Gasteiger partial charge in [0.05, 0.1) is 12.7 Å². The molecule has 0 saturated heterocycles. The molecule has 0 aliphatic heterocycles. The Bertz CT molecular complexity index is 169. The van der Waals surface area contributed by atoms with Gasteiger partial charge in [0.25, 0.3) is 0 Å². The zero-order valence-electron chi connectivity index (χ0n) is 9.21. The molecule has 0 N–H and O–H groups in total. The minimum absolute atomic E-state index is 0.350. The molecule has 0 aliphatic carbocycles. The molecule has 0 saturated carbocycles. The molecular formula is C11H21NO. The molecule has 0 spiro atoms. The molecule has 0 rings (SSSR count).